The van der Waals surface area contributed by atoms with Crippen molar-refractivity contribution in [3.8, 4) is 5.69 Å². The number of anilines is 1. The van der Waals surface area contributed by atoms with Gasteiger partial charge in [-0.25, -0.2) is 15.2 Å². The van der Waals surface area contributed by atoms with Crippen molar-refractivity contribution >= 4 is 67.7 Å². The topological polar surface area (TPSA) is 257 Å². The maximum absolute atomic E-state index is 13.3. The molecule has 45 heavy (non-hydrogen) atoms. The Balaban J connectivity index is 1.69. The standard InChI is InChI=1S/C23H20N4O14S4/c1-12-16(22(28)26(24-12)18-10-14(42-40-38-30)6-8-20(18)44(32,33)34)4-3-5-17-13(2)25-27(23(17)29)19-11-15(43-41-39-31)7-9-21(19)45(35,36)37/h3-11,24,30-31H,1-2H3,(H,32,33,34)(H,35,36,37). The molecular formula is C23H20N4O14S4. The third-order valence-corrected chi connectivity index (χ3v) is 8.87. The molecule has 0 spiro atoms. The van der Waals surface area contributed by atoms with Gasteiger partial charge in [0.15, 0.2) is 0 Å². The van der Waals surface area contributed by atoms with Crippen LogP contribution in [0.4, 0.5) is 5.69 Å². The van der Waals surface area contributed by atoms with Gasteiger partial charge in [-0.1, -0.05) is 16.2 Å². The van der Waals surface area contributed by atoms with Crippen LogP contribution in [-0.4, -0.2) is 57.9 Å². The van der Waals surface area contributed by atoms with Crippen LogP contribution in [-0.2, 0) is 43.8 Å². The van der Waals surface area contributed by atoms with E-state index in [-0.39, 0.29) is 43.7 Å². The first kappa shape index (κ1) is 34.2. The van der Waals surface area contributed by atoms with Crippen molar-refractivity contribution in [2.24, 2.45) is 5.10 Å². The van der Waals surface area contributed by atoms with E-state index in [0.717, 1.165) is 27.9 Å². The first-order valence-corrected chi connectivity index (χ1v) is 16.2. The van der Waals surface area contributed by atoms with Crippen molar-refractivity contribution in [1.82, 2.24) is 9.78 Å². The Hall–Kier alpha value is -3.65. The molecule has 0 saturated carbocycles. The highest BCUT2D eigenvalue weighted by molar-refractivity contribution is 7.94. The Labute approximate surface area is 261 Å². The third kappa shape index (κ3) is 7.60. The second kappa shape index (κ2) is 13.8. The fraction of sp³-hybridized carbons (Fsp3) is 0.0870. The average molecular weight is 705 g/mol. The summed E-state index contributed by atoms with van der Waals surface area (Å²) in [4.78, 5) is 25.6. The molecule has 0 atom stereocenters. The summed E-state index contributed by atoms with van der Waals surface area (Å²) in [5.74, 6) is -0.798. The van der Waals surface area contributed by atoms with Crippen molar-refractivity contribution < 1.29 is 60.0 Å². The van der Waals surface area contributed by atoms with Gasteiger partial charge in [-0.3, -0.25) is 23.8 Å². The van der Waals surface area contributed by atoms with Crippen LogP contribution in [0.3, 0.4) is 0 Å². The lowest BCUT2D eigenvalue weighted by Crippen LogP contribution is -2.23. The number of nitrogens with one attached hydrogen (secondary N) is 1. The minimum absolute atomic E-state index is 0.0152. The molecule has 5 N–H and O–H groups in total. The monoisotopic (exact) mass is 704 g/mol. The molecule has 2 aromatic carbocycles. The minimum atomic E-state index is -4.82. The Morgan fingerprint density at radius 3 is 1.93 bits per heavy atom. The van der Waals surface area contributed by atoms with E-state index in [1.807, 2.05) is 0 Å². The van der Waals surface area contributed by atoms with E-state index >= 15 is 0 Å². The number of allylic oxidation sites excluding steroid dienone is 2. The fourth-order valence-electron chi connectivity index (χ4n) is 4.02. The highest BCUT2D eigenvalue weighted by Gasteiger charge is 2.32. The molecule has 2 heterocycles. The predicted molar refractivity (Wildman–Crippen MR) is 156 cm³/mol. The van der Waals surface area contributed by atoms with E-state index < -0.39 is 41.5 Å². The average Bonchev–Trinajstić information content (AvgIpc) is 3.42. The number of carbonyl (C=O) groups is 1. The molecule has 4 rings (SSSR count). The Bertz CT molecular complexity index is 2020. The number of rotatable bonds is 12. The summed E-state index contributed by atoms with van der Waals surface area (Å²) < 4.78 is 76.8. The molecule has 0 unspecified atom stereocenters. The van der Waals surface area contributed by atoms with Gasteiger partial charge < -0.3 is 0 Å². The van der Waals surface area contributed by atoms with Gasteiger partial charge in [-0.2, -0.15) is 26.9 Å². The van der Waals surface area contributed by atoms with Crippen molar-refractivity contribution in [2.75, 3.05) is 5.01 Å². The zero-order valence-electron chi connectivity index (χ0n) is 22.5. The maximum atomic E-state index is 13.3. The quantitative estimate of drug-likeness (QED) is 0.0596. The molecule has 0 radical (unpaired) electrons. The first-order valence-electron chi connectivity index (χ1n) is 11.8. The Kier molecular flexibility index (Phi) is 10.5. The zero-order chi connectivity index (χ0) is 33.1. The van der Waals surface area contributed by atoms with Gasteiger partial charge in [0.2, 0.25) is 0 Å². The predicted octanol–water partition coefficient (Wildman–Crippen LogP) is 3.19. The zero-order valence-corrected chi connectivity index (χ0v) is 25.8. The summed E-state index contributed by atoms with van der Waals surface area (Å²) >= 11 is 0.952. The van der Waals surface area contributed by atoms with Gasteiger partial charge in [0.25, 0.3) is 31.7 Å². The van der Waals surface area contributed by atoms with Crippen LogP contribution in [0.5, 0.6) is 0 Å². The molecule has 22 heteroatoms. The first-order chi connectivity index (χ1) is 21.2. The van der Waals surface area contributed by atoms with E-state index in [9.17, 15) is 35.5 Å². The largest absolute Gasteiger partial charge is 0.296 e. The second-order valence-electron chi connectivity index (χ2n) is 8.69. The number of aromatic amines is 1. The highest BCUT2D eigenvalue weighted by Crippen LogP contribution is 2.34. The molecule has 0 bridgehead atoms. The normalized spacial score (nSPS) is 15.1. The lowest BCUT2D eigenvalue weighted by atomic mass is 10.1. The second-order valence-corrected chi connectivity index (χ2v) is 13.0. The molecule has 3 aromatic rings. The van der Waals surface area contributed by atoms with E-state index in [1.165, 1.54) is 50.3 Å². The van der Waals surface area contributed by atoms with Crippen molar-refractivity contribution in [3.05, 3.63) is 75.7 Å². The van der Waals surface area contributed by atoms with E-state index in [0.29, 0.717) is 24.1 Å². The summed E-state index contributed by atoms with van der Waals surface area (Å²) in [7, 11) is -9.62. The Morgan fingerprint density at radius 2 is 1.40 bits per heavy atom. The number of amides is 1. The third-order valence-electron chi connectivity index (χ3n) is 5.91. The molecule has 18 nitrogen and oxygen atoms in total. The summed E-state index contributed by atoms with van der Waals surface area (Å²) in [5, 5.41) is 31.3. The van der Waals surface area contributed by atoms with Crippen LogP contribution >= 0.6 is 24.1 Å². The van der Waals surface area contributed by atoms with Crippen LogP contribution in [0.1, 0.15) is 18.2 Å². The smallest absolute Gasteiger partial charge is 0.295 e. The molecule has 0 saturated heterocycles. The van der Waals surface area contributed by atoms with E-state index in [2.05, 4.69) is 28.9 Å². The molecule has 0 fully saturated rings. The van der Waals surface area contributed by atoms with Gasteiger partial charge >= 0.3 is 0 Å². The van der Waals surface area contributed by atoms with Crippen molar-refractivity contribution in [3.63, 3.8) is 0 Å². The summed E-state index contributed by atoms with van der Waals surface area (Å²) in [6, 6.07) is 6.74. The van der Waals surface area contributed by atoms with E-state index in [1.54, 1.807) is 0 Å². The van der Waals surface area contributed by atoms with Crippen LogP contribution < -0.4 is 10.6 Å². The number of aryl methyl sites for hydroxylation is 1. The van der Waals surface area contributed by atoms with E-state index in [4.69, 9.17) is 10.5 Å². The number of hydrogen-bond acceptors (Lipinski definition) is 15. The molecule has 1 aliphatic heterocycles. The van der Waals surface area contributed by atoms with Gasteiger partial charge in [0.05, 0.1) is 52.3 Å². The number of benzene rings is 2. The molecule has 1 amide bonds. The number of nitrogens with zero attached hydrogens (tertiary/aromatic N) is 3. The number of hydrazone groups is 1. The lowest BCUT2D eigenvalue weighted by Gasteiger charge is -2.16. The number of H-pyrrole nitrogens is 1. The van der Waals surface area contributed by atoms with Gasteiger partial charge in [-0.15, -0.1) is 8.67 Å². The molecule has 1 aliphatic rings. The number of carbonyl (C=O) groups excluding carboxylic acids is 1. The summed E-state index contributed by atoms with van der Waals surface area (Å²) in [5.41, 5.74) is -0.958. The molecule has 240 valence electrons. The van der Waals surface area contributed by atoms with Gasteiger partial charge in [0, 0.05) is 15.5 Å². The lowest BCUT2D eigenvalue weighted by molar-refractivity contribution is -0.432. The molecule has 1 aromatic heterocycles. The Morgan fingerprint density at radius 1 is 0.867 bits per heavy atom. The number of aromatic nitrogens is 2. The van der Waals surface area contributed by atoms with Crippen LogP contribution in [0.25, 0.3) is 11.8 Å². The number of hydrogen-bond donors (Lipinski definition) is 5. The highest BCUT2D eigenvalue weighted by atomic mass is 32.2. The molecule has 0 aliphatic carbocycles. The fourth-order valence-corrected chi connectivity index (χ4v) is 6.11. The van der Waals surface area contributed by atoms with Crippen molar-refractivity contribution in [2.45, 2.75) is 33.4 Å². The van der Waals surface area contributed by atoms with Crippen molar-refractivity contribution in [1.29, 1.82) is 0 Å². The summed E-state index contributed by atoms with van der Waals surface area (Å²) in [6.45, 7) is 2.95. The van der Waals surface area contributed by atoms with Crippen LogP contribution in [0.15, 0.2) is 83.6 Å². The SMILES string of the molecule is CC1=NN(c2cc(SOOO)ccc2S(=O)(=O)O)C(=O)C1=CC=Cc1c(C)[nH]n(-c2cc(SOOO)ccc2S(=O)(=O)O)c1=O. The van der Waals surface area contributed by atoms with Gasteiger partial charge in [-0.05, 0) is 62.4 Å². The van der Waals surface area contributed by atoms with Crippen LogP contribution in [0.2, 0.25) is 0 Å². The summed E-state index contributed by atoms with van der Waals surface area (Å²) in [6.07, 6.45) is 3.92. The van der Waals surface area contributed by atoms with Gasteiger partial charge in [0.1, 0.15) is 9.79 Å². The maximum Gasteiger partial charge on any atom is 0.296 e. The minimum Gasteiger partial charge on any atom is -0.295 e. The van der Waals surface area contributed by atoms with Crippen LogP contribution in [0, 0.1) is 6.92 Å². The molecular weight excluding hydrogens is 685 g/mol.